The Bertz CT molecular complexity index is 115. The summed E-state index contributed by atoms with van der Waals surface area (Å²) >= 11 is 0. The van der Waals surface area contributed by atoms with E-state index in [1.54, 1.807) is 0 Å². The van der Waals surface area contributed by atoms with E-state index in [2.05, 4.69) is 0 Å². The van der Waals surface area contributed by atoms with Gasteiger partial charge in [-0.3, -0.25) is 0 Å². The number of rotatable bonds is 3. The van der Waals surface area contributed by atoms with Crippen molar-refractivity contribution in [2.45, 2.75) is 25.6 Å². The molecule has 0 aliphatic heterocycles. The lowest BCUT2D eigenvalue weighted by Gasteiger charge is -2.22. The average molecular weight is 171 g/mol. The molecule has 0 spiro atoms. The van der Waals surface area contributed by atoms with Crippen molar-refractivity contribution in [2.24, 2.45) is 11.7 Å². The van der Waals surface area contributed by atoms with Gasteiger partial charge >= 0.3 is 6.18 Å². The lowest BCUT2D eigenvalue weighted by atomic mass is 9.99. The first kappa shape index (κ1) is 10.7. The first-order chi connectivity index (χ1) is 4.93. The third-order valence-corrected chi connectivity index (χ3v) is 1.57. The van der Waals surface area contributed by atoms with Gasteiger partial charge in [0.2, 0.25) is 0 Å². The van der Waals surface area contributed by atoms with Gasteiger partial charge < -0.3 is 10.8 Å². The number of alkyl halides is 3. The van der Waals surface area contributed by atoms with E-state index in [0.29, 0.717) is 0 Å². The van der Waals surface area contributed by atoms with Gasteiger partial charge in [0.15, 0.2) is 0 Å². The van der Waals surface area contributed by atoms with Crippen LogP contribution in [0, 0.1) is 5.92 Å². The third kappa shape index (κ3) is 3.07. The van der Waals surface area contributed by atoms with Crippen molar-refractivity contribution >= 4 is 0 Å². The van der Waals surface area contributed by atoms with E-state index in [4.69, 9.17) is 10.8 Å². The summed E-state index contributed by atoms with van der Waals surface area (Å²) in [6.45, 7) is 1.02. The topological polar surface area (TPSA) is 46.2 Å². The molecular formula is C6H12F3NO. The number of hydrogen-bond acceptors (Lipinski definition) is 2. The molecular weight excluding hydrogens is 159 g/mol. The van der Waals surface area contributed by atoms with Crippen LogP contribution in [-0.4, -0.2) is 23.9 Å². The van der Waals surface area contributed by atoms with E-state index in [-0.39, 0.29) is 13.0 Å². The van der Waals surface area contributed by atoms with Crippen molar-refractivity contribution in [3.63, 3.8) is 0 Å². The van der Waals surface area contributed by atoms with Gasteiger partial charge in [-0.2, -0.15) is 13.2 Å². The third-order valence-electron chi connectivity index (χ3n) is 1.57. The molecule has 0 radical (unpaired) electrons. The predicted molar refractivity (Wildman–Crippen MR) is 34.9 cm³/mol. The van der Waals surface area contributed by atoms with Gasteiger partial charge in [0.1, 0.15) is 0 Å². The summed E-state index contributed by atoms with van der Waals surface area (Å²) in [5.74, 6) is -1.69. The molecule has 0 aliphatic rings. The Morgan fingerprint density at radius 3 is 2.00 bits per heavy atom. The summed E-state index contributed by atoms with van der Waals surface area (Å²) in [4.78, 5) is 0. The van der Waals surface area contributed by atoms with Gasteiger partial charge in [0.05, 0.1) is 12.0 Å². The molecule has 2 nitrogen and oxygen atoms in total. The summed E-state index contributed by atoms with van der Waals surface area (Å²) in [6, 6.07) is 0. The van der Waals surface area contributed by atoms with Crippen molar-refractivity contribution in [1.29, 1.82) is 0 Å². The van der Waals surface area contributed by atoms with Crippen LogP contribution in [0.4, 0.5) is 13.2 Å². The van der Waals surface area contributed by atoms with Crippen molar-refractivity contribution in [3.8, 4) is 0 Å². The number of halogens is 3. The molecule has 0 aromatic rings. The van der Waals surface area contributed by atoms with Gasteiger partial charge in [-0.15, -0.1) is 0 Å². The first-order valence-corrected chi connectivity index (χ1v) is 3.38. The second-order valence-corrected chi connectivity index (χ2v) is 2.36. The maximum absolute atomic E-state index is 11.9. The molecule has 0 saturated heterocycles. The fraction of sp³-hybridized carbons (Fsp3) is 1.00. The van der Waals surface area contributed by atoms with E-state index in [1.165, 1.54) is 6.92 Å². The number of aliphatic hydroxyl groups is 1. The molecule has 68 valence electrons. The molecule has 2 atom stereocenters. The molecule has 0 aromatic carbocycles. The van der Waals surface area contributed by atoms with Crippen LogP contribution in [0.15, 0.2) is 0 Å². The Morgan fingerprint density at radius 2 is 1.91 bits per heavy atom. The fourth-order valence-corrected chi connectivity index (χ4v) is 0.886. The Labute approximate surface area is 63.2 Å². The zero-order chi connectivity index (χ0) is 9.07. The summed E-state index contributed by atoms with van der Waals surface area (Å²) < 4.78 is 35.8. The molecule has 0 heterocycles. The van der Waals surface area contributed by atoms with Crippen LogP contribution in [0.3, 0.4) is 0 Å². The van der Waals surface area contributed by atoms with Crippen molar-refractivity contribution in [3.05, 3.63) is 0 Å². The van der Waals surface area contributed by atoms with Gasteiger partial charge in [-0.05, 0) is 6.42 Å². The highest BCUT2D eigenvalue weighted by Crippen LogP contribution is 2.30. The summed E-state index contributed by atoms with van der Waals surface area (Å²) in [7, 11) is 0. The molecule has 0 fully saturated rings. The lowest BCUT2D eigenvalue weighted by Crippen LogP contribution is -2.38. The minimum Gasteiger partial charge on any atom is -0.391 e. The van der Waals surface area contributed by atoms with Gasteiger partial charge in [0.25, 0.3) is 0 Å². The van der Waals surface area contributed by atoms with E-state index in [0.717, 1.165) is 0 Å². The van der Waals surface area contributed by atoms with Crippen molar-refractivity contribution in [2.75, 3.05) is 6.54 Å². The van der Waals surface area contributed by atoms with Crippen LogP contribution >= 0.6 is 0 Å². The smallest absolute Gasteiger partial charge is 0.391 e. The van der Waals surface area contributed by atoms with Crippen molar-refractivity contribution in [1.82, 2.24) is 0 Å². The summed E-state index contributed by atoms with van der Waals surface area (Å²) in [5, 5.41) is 8.81. The Morgan fingerprint density at radius 1 is 1.45 bits per heavy atom. The van der Waals surface area contributed by atoms with E-state index in [9.17, 15) is 13.2 Å². The van der Waals surface area contributed by atoms with Crippen LogP contribution in [0.1, 0.15) is 13.3 Å². The fourth-order valence-electron chi connectivity index (χ4n) is 0.886. The SMILES string of the molecule is CCC(C(O)CN)C(F)(F)F. The molecule has 0 aromatic heterocycles. The van der Waals surface area contributed by atoms with E-state index < -0.39 is 18.2 Å². The van der Waals surface area contributed by atoms with Crippen molar-refractivity contribution < 1.29 is 18.3 Å². The second kappa shape index (κ2) is 3.92. The molecule has 3 N–H and O–H groups in total. The maximum atomic E-state index is 11.9. The quantitative estimate of drug-likeness (QED) is 0.662. The first-order valence-electron chi connectivity index (χ1n) is 3.38. The highest BCUT2D eigenvalue weighted by atomic mass is 19.4. The zero-order valence-corrected chi connectivity index (χ0v) is 6.23. The molecule has 11 heavy (non-hydrogen) atoms. The maximum Gasteiger partial charge on any atom is 0.394 e. The Balaban J connectivity index is 4.16. The number of hydrogen-bond donors (Lipinski definition) is 2. The molecule has 0 amide bonds. The van der Waals surface area contributed by atoms with Crippen LogP contribution in [0.2, 0.25) is 0 Å². The number of aliphatic hydroxyl groups excluding tert-OH is 1. The van der Waals surface area contributed by atoms with Crippen LogP contribution < -0.4 is 5.73 Å². The molecule has 2 unspecified atom stereocenters. The molecule has 0 saturated carbocycles. The highest BCUT2D eigenvalue weighted by Gasteiger charge is 2.42. The zero-order valence-electron chi connectivity index (χ0n) is 6.23. The minimum absolute atomic E-state index is 0.137. The normalized spacial score (nSPS) is 18.0. The number of nitrogens with two attached hydrogens (primary N) is 1. The molecule has 0 bridgehead atoms. The van der Waals surface area contributed by atoms with E-state index >= 15 is 0 Å². The van der Waals surface area contributed by atoms with Gasteiger partial charge in [0, 0.05) is 6.54 Å². The Kier molecular flexibility index (Phi) is 3.82. The molecule has 5 heteroatoms. The average Bonchev–Trinajstić information content (AvgIpc) is 1.86. The molecule has 0 rings (SSSR count). The van der Waals surface area contributed by atoms with Gasteiger partial charge in [-0.1, -0.05) is 6.92 Å². The molecule has 0 aliphatic carbocycles. The largest absolute Gasteiger partial charge is 0.394 e. The van der Waals surface area contributed by atoms with Gasteiger partial charge in [-0.25, -0.2) is 0 Å². The second-order valence-electron chi connectivity index (χ2n) is 2.36. The van der Waals surface area contributed by atoms with Crippen LogP contribution in [0.5, 0.6) is 0 Å². The van der Waals surface area contributed by atoms with Crippen LogP contribution in [-0.2, 0) is 0 Å². The summed E-state index contributed by atoms with van der Waals surface area (Å²) in [6.07, 6.45) is -5.95. The highest BCUT2D eigenvalue weighted by molar-refractivity contribution is 4.74. The van der Waals surface area contributed by atoms with E-state index in [1.807, 2.05) is 0 Å². The van der Waals surface area contributed by atoms with Crippen LogP contribution in [0.25, 0.3) is 0 Å². The lowest BCUT2D eigenvalue weighted by molar-refractivity contribution is -0.199. The monoisotopic (exact) mass is 171 g/mol. The Hall–Kier alpha value is -0.290. The summed E-state index contributed by atoms with van der Waals surface area (Å²) in [5.41, 5.74) is 4.90. The minimum atomic E-state index is -4.34. The standard InChI is InChI=1S/C6H12F3NO/c1-2-4(5(11)3-10)6(7,8)9/h4-5,11H,2-3,10H2,1H3. The predicted octanol–water partition coefficient (Wildman–Crippen LogP) is 0.895.